The molecule has 0 fully saturated rings. The Morgan fingerprint density at radius 3 is 2.48 bits per heavy atom. The first-order valence-electron chi connectivity index (χ1n) is 10.1. The summed E-state index contributed by atoms with van der Waals surface area (Å²) in [5.74, 6) is 0.588. The van der Waals surface area contributed by atoms with E-state index in [2.05, 4.69) is 52.3 Å². The van der Waals surface area contributed by atoms with Crippen molar-refractivity contribution in [2.24, 2.45) is 0 Å². The molecule has 0 radical (unpaired) electrons. The predicted molar refractivity (Wildman–Crippen MR) is 125 cm³/mol. The van der Waals surface area contributed by atoms with Crippen LogP contribution in [0.1, 0.15) is 21.7 Å². The van der Waals surface area contributed by atoms with Crippen molar-refractivity contribution >= 4 is 39.3 Å². The van der Waals surface area contributed by atoms with Gasteiger partial charge in [0.05, 0.1) is 28.2 Å². The summed E-state index contributed by atoms with van der Waals surface area (Å²) < 4.78 is 2.16. The van der Waals surface area contributed by atoms with Crippen LogP contribution >= 0.6 is 11.6 Å². The number of para-hydroxylation sites is 2. The number of carbonyl (C=O) groups excluding carboxylic acids is 1. The average Bonchev–Trinajstić information content (AvgIpc) is 3.15. The lowest BCUT2D eigenvalue weighted by Gasteiger charge is -2.12. The number of fused-ring (bicyclic) bond motifs is 2. The van der Waals surface area contributed by atoms with E-state index in [0.717, 1.165) is 16.9 Å². The van der Waals surface area contributed by atoms with Crippen molar-refractivity contribution < 1.29 is 4.79 Å². The Morgan fingerprint density at radius 2 is 1.61 bits per heavy atom. The second-order valence-electron chi connectivity index (χ2n) is 7.45. The summed E-state index contributed by atoms with van der Waals surface area (Å²) in [5.41, 5.74) is 3.59. The van der Waals surface area contributed by atoms with Gasteiger partial charge in [-0.2, -0.15) is 0 Å². The molecule has 5 aromatic rings. The van der Waals surface area contributed by atoms with E-state index in [4.69, 9.17) is 16.6 Å². The predicted octanol–water partition coefficient (Wildman–Crippen LogP) is 5.82. The first-order valence-corrected chi connectivity index (χ1v) is 10.5. The van der Waals surface area contributed by atoms with Gasteiger partial charge in [-0.1, -0.05) is 72.3 Å². The maximum atomic E-state index is 12.6. The van der Waals surface area contributed by atoms with Gasteiger partial charge in [0.15, 0.2) is 0 Å². The van der Waals surface area contributed by atoms with Crippen molar-refractivity contribution in [3.05, 3.63) is 113 Å². The van der Waals surface area contributed by atoms with Crippen LogP contribution in [0, 0.1) is 0 Å². The third kappa shape index (κ3) is 3.90. The van der Waals surface area contributed by atoms with Gasteiger partial charge in [0.2, 0.25) is 0 Å². The van der Waals surface area contributed by atoms with Gasteiger partial charge in [-0.15, -0.1) is 0 Å². The first-order chi connectivity index (χ1) is 15.2. The molecule has 0 bridgehead atoms. The fourth-order valence-corrected chi connectivity index (χ4v) is 4.08. The van der Waals surface area contributed by atoms with Gasteiger partial charge < -0.3 is 9.88 Å². The van der Waals surface area contributed by atoms with Crippen molar-refractivity contribution in [1.82, 2.24) is 14.9 Å². The normalized spacial score (nSPS) is 11.1. The molecule has 0 aliphatic carbocycles. The maximum absolute atomic E-state index is 12.6. The summed E-state index contributed by atoms with van der Waals surface area (Å²) in [6.45, 7) is 0.981. The Hall–Kier alpha value is -3.63. The zero-order valence-electron chi connectivity index (χ0n) is 16.8. The molecule has 31 heavy (non-hydrogen) atoms. The highest BCUT2D eigenvalue weighted by Gasteiger charge is 2.14. The summed E-state index contributed by atoms with van der Waals surface area (Å²) in [5, 5.41) is 5.82. The number of hydrogen-bond donors (Lipinski definition) is 1. The number of imidazole rings is 1. The number of benzene rings is 4. The van der Waals surface area contributed by atoms with Crippen molar-refractivity contribution in [3.63, 3.8) is 0 Å². The number of nitrogens with one attached hydrogen (secondary N) is 1. The van der Waals surface area contributed by atoms with Crippen molar-refractivity contribution in [2.45, 2.75) is 13.1 Å². The molecule has 1 aromatic heterocycles. The van der Waals surface area contributed by atoms with Crippen LogP contribution in [0.15, 0.2) is 91.0 Å². The van der Waals surface area contributed by atoms with Crippen LogP contribution in [0.2, 0.25) is 5.02 Å². The van der Waals surface area contributed by atoms with Crippen molar-refractivity contribution in [3.8, 4) is 0 Å². The molecule has 4 aromatic carbocycles. The molecule has 5 rings (SSSR count). The minimum atomic E-state index is -0.213. The molecule has 0 aliphatic heterocycles. The van der Waals surface area contributed by atoms with E-state index in [-0.39, 0.29) is 5.91 Å². The van der Waals surface area contributed by atoms with Gasteiger partial charge in [-0.25, -0.2) is 4.98 Å². The van der Waals surface area contributed by atoms with Crippen LogP contribution in [0.25, 0.3) is 21.8 Å². The topological polar surface area (TPSA) is 46.9 Å². The van der Waals surface area contributed by atoms with E-state index in [1.807, 2.05) is 30.3 Å². The van der Waals surface area contributed by atoms with Crippen LogP contribution in [0.3, 0.4) is 0 Å². The van der Waals surface area contributed by atoms with Gasteiger partial charge in [0, 0.05) is 6.54 Å². The number of aromatic nitrogens is 2. The zero-order valence-corrected chi connectivity index (χ0v) is 17.5. The summed E-state index contributed by atoms with van der Waals surface area (Å²) in [4.78, 5) is 17.4. The quantitative estimate of drug-likeness (QED) is 0.385. The molecular formula is C26H20ClN3O. The Balaban J connectivity index is 1.46. The number of rotatable bonds is 5. The smallest absolute Gasteiger partial charge is 0.253 e. The number of hydrogen-bond acceptors (Lipinski definition) is 2. The zero-order chi connectivity index (χ0) is 21.2. The van der Waals surface area contributed by atoms with Crippen LogP contribution in [-0.2, 0) is 13.1 Å². The number of amides is 1. The molecule has 4 nitrogen and oxygen atoms in total. The molecule has 0 aliphatic rings. The first kappa shape index (κ1) is 19.3. The van der Waals surface area contributed by atoms with E-state index < -0.39 is 0 Å². The molecule has 0 unspecified atom stereocenters. The third-order valence-corrected chi connectivity index (χ3v) is 5.74. The molecule has 1 heterocycles. The van der Waals surface area contributed by atoms with Gasteiger partial charge in [-0.05, 0) is 46.7 Å². The molecule has 0 saturated heterocycles. The molecule has 0 saturated carbocycles. The lowest BCUT2D eigenvalue weighted by Crippen LogP contribution is -2.25. The van der Waals surface area contributed by atoms with Crippen molar-refractivity contribution in [1.29, 1.82) is 0 Å². The van der Waals surface area contributed by atoms with Crippen LogP contribution in [0.5, 0.6) is 0 Å². The Labute approximate surface area is 185 Å². The van der Waals surface area contributed by atoms with Crippen LogP contribution < -0.4 is 5.32 Å². The Morgan fingerprint density at radius 1 is 0.871 bits per heavy atom. The van der Waals surface area contributed by atoms with Crippen molar-refractivity contribution in [2.75, 3.05) is 0 Å². The molecule has 1 amide bonds. The van der Waals surface area contributed by atoms with Gasteiger partial charge in [0.1, 0.15) is 5.82 Å². The minimum absolute atomic E-state index is 0.213. The summed E-state index contributed by atoms with van der Waals surface area (Å²) in [6, 6.07) is 29.9. The Kier molecular flexibility index (Phi) is 5.14. The van der Waals surface area contributed by atoms with Crippen LogP contribution in [-0.4, -0.2) is 15.5 Å². The summed E-state index contributed by atoms with van der Waals surface area (Å²) >= 11 is 6.17. The molecule has 5 heteroatoms. The monoisotopic (exact) mass is 425 g/mol. The maximum Gasteiger partial charge on any atom is 0.253 e. The van der Waals surface area contributed by atoms with Gasteiger partial charge in [-0.3, -0.25) is 4.79 Å². The standard InChI is InChI=1S/C26H20ClN3O/c27-22-10-4-3-9-21(22)26(31)28-16-25-29-23-11-5-6-12-24(23)30(25)17-18-13-14-19-7-1-2-8-20(19)15-18/h1-15H,16-17H2,(H,28,31). The highest BCUT2D eigenvalue weighted by atomic mass is 35.5. The fraction of sp³-hybridized carbons (Fsp3) is 0.0769. The second kappa shape index (κ2) is 8.25. The molecule has 0 spiro atoms. The number of halogens is 1. The summed E-state index contributed by atoms with van der Waals surface area (Å²) in [7, 11) is 0. The number of nitrogens with zero attached hydrogens (tertiary/aromatic N) is 2. The van der Waals surface area contributed by atoms with E-state index in [0.29, 0.717) is 23.7 Å². The van der Waals surface area contributed by atoms with E-state index in [1.54, 1.807) is 18.2 Å². The molecule has 152 valence electrons. The van der Waals surface area contributed by atoms with Gasteiger partial charge >= 0.3 is 0 Å². The van der Waals surface area contributed by atoms with E-state index >= 15 is 0 Å². The summed E-state index contributed by atoms with van der Waals surface area (Å²) in [6.07, 6.45) is 0. The van der Waals surface area contributed by atoms with Crippen LogP contribution in [0.4, 0.5) is 0 Å². The average molecular weight is 426 g/mol. The molecular weight excluding hydrogens is 406 g/mol. The second-order valence-corrected chi connectivity index (χ2v) is 7.85. The fourth-order valence-electron chi connectivity index (χ4n) is 3.86. The van der Waals surface area contributed by atoms with E-state index in [1.165, 1.54) is 16.3 Å². The number of carbonyl (C=O) groups is 1. The lowest BCUT2D eigenvalue weighted by molar-refractivity contribution is 0.0949. The minimum Gasteiger partial charge on any atom is -0.345 e. The van der Waals surface area contributed by atoms with E-state index in [9.17, 15) is 4.79 Å². The SMILES string of the molecule is O=C(NCc1nc2ccccc2n1Cc1ccc2ccccc2c1)c1ccccc1Cl. The third-order valence-electron chi connectivity index (χ3n) is 5.41. The molecule has 1 N–H and O–H groups in total. The van der Waals surface area contributed by atoms with Gasteiger partial charge in [0.25, 0.3) is 5.91 Å². The largest absolute Gasteiger partial charge is 0.345 e. The highest BCUT2D eigenvalue weighted by Crippen LogP contribution is 2.21. The lowest BCUT2D eigenvalue weighted by atomic mass is 10.1. The Bertz CT molecular complexity index is 1410. The highest BCUT2D eigenvalue weighted by molar-refractivity contribution is 6.33. The molecule has 0 atom stereocenters.